The summed E-state index contributed by atoms with van der Waals surface area (Å²) in [5.74, 6) is -0.146. The van der Waals surface area contributed by atoms with Crippen LogP contribution in [0.15, 0.2) is 53.4 Å². The molecule has 0 aliphatic carbocycles. The van der Waals surface area contributed by atoms with Gasteiger partial charge in [-0.2, -0.15) is 0 Å². The minimum Gasteiger partial charge on any atom is -0.375 e. The van der Waals surface area contributed by atoms with Crippen molar-refractivity contribution in [3.05, 3.63) is 59.1 Å². The quantitative estimate of drug-likeness (QED) is 0.864. The molecule has 0 spiro atoms. The van der Waals surface area contributed by atoms with Crippen LogP contribution in [0.3, 0.4) is 0 Å². The van der Waals surface area contributed by atoms with Crippen molar-refractivity contribution in [1.82, 2.24) is 4.90 Å². The van der Waals surface area contributed by atoms with E-state index in [4.69, 9.17) is 16.3 Å². The Balaban J connectivity index is 1.78. The van der Waals surface area contributed by atoms with Crippen molar-refractivity contribution in [2.24, 2.45) is 0 Å². The summed E-state index contributed by atoms with van der Waals surface area (Å²) >= 11 is 5.80. The highest BCUT2D eigenvalue weighted by atomic mass is 35.5. The average Bonchev–Trinajstić information content (AvgIpc) is 2.61. The fraction of sp³-hybridized carbons (Fsp3) is 0.278. The van der Waals surface area contributed by atoms with E-state index < -0.39 is 10.0 Å². The predicted molar refractivity (Wildman–Crippen MR) is 100 cm³/mol. The van der Waals surface area contributed by atoms with Crippen LogP contribution in [0.2, 0.25) is 5.02 Å². The first kappa shape index (κ1) is 18.7. The number of anilines is 1. The van der Waals surface area contributed by atoms with Gasteiger partial charge in [0.1, 0.15) is 0 Å². The molecule has 1 aliphatic heterocycles. The molecule has 26 heavy (non-hydrogen) atoms. The number of morpholine rings is 1. The van der Waals surface area contributed by atoms with Gasteiger partial charge in [-0.05, 0) is 49.4 Å². The Morgan fingerprint density at radius 3 is 2.65 bits per heavy atom. The summed E-state index contributed by atoms with van der Waals surface area (Å²) in [5, 5.41) is 0.455. The van der Waals surface area contributed by atoms with E-state index in [0.29, 0.717) is 36.0 Å². The number of amides is 1. The lowest BCUT2D eigenvalue weighted by Crippen LogP contribution is -2.44. The monoisotopic (exact) mass is 394 g/mol. The van der Waals surface area contributed by atoms with E-state index in [-0.39, 0.29) is 16.9 Å². The zero-order chi connectivity index (χ0) is 18.7. The van der Waals surface area contributed by atoms with Crippen LogP contribution in [0.5, 0.6) is 0 Å². The third kappa shape index (κ3) is 4.35. The number of nitrogens with one attached hydrogen (secondary N) is 1. The van der Waals surface area contributed by atoms with Crippen molar-refractivity contribution in [3.8, 4) is 0 Å². The van der Waals surface area contributed by atoms with Crippen LogP contribution in [0, 0.1) is 0 Å². The molecule has 1 atom stereocenters. The number of hydrogen-bond acceptors (Lipinski definition) is 4. The second-order valence-corrected chi connectivity index (χ2v) is 8.19. The van der Waals surface area contributed by atoms with E-state index in [1.807, 2.05) is 6.92 Å². The molecular formula is C18H19ClN2O4S. The maximum Gasteiger partial charge on any atom is 0.261 e. The highest BCUT2D eigenvalue weighted by Crippen LogP contribution is 2.20. The lowest BCUT2D eigenvalue weighted by atomic mass is 10.1. The van der Waals surface area contributed by atoms with Crippen LogP contribution in [-0.4, -0.2) is 45.0 Å². The topological polar surface area (TPSA) is 75.7 Å². The van der Waals surface area contributed by atoms with Crippen molar-refractivity contribution in [3.63, 3.8) is 0 Å². The molecule has 1 aliphatic rings. The molecule has 1 unspecified atom stereocenters. The normalized spacial score (nSPS) is 17.8. The molecule has 0 radical (unpaired) electrons. The average molecular weight is 395 g/mol. The van der Waals surface area contributed by atoms with Gasteiger partial charge < -0.3 is 9.64 Å². The lowest BCUT2D eigenvalue weighted by Gasteiger charge is -2.31. The number of sulfonamides is 1. The Labute approximate surface area is 157 Å². The Morgan fingerprint density at radius 2 is 1.96 bits per heavy atom. The fourth-order valence-electron chi connectivity index (χ4n) is 2.73. The van der Waals surface area contributed by atoms with Gasteiger partial charge in [-0.3, -0.25) is 9.52 Å². The Kier molecular flexibility index (Phi) is 5.50. The molecule has 6 nitrogen and oxygen atoms in total. The summed E-state index contributed by atoms with van der Waals surface area (Å²) in [7, 11) is -3.76. The summed E-state index contributed by atoms with van der Waals surface area (Å²) in [5.41, 5.74) is 0.752. The van der Waals surface area contributed by atoms with Crippen LogP contribution in [0.1, 0.15) is 17.3 Å². The van der Waals surface area contributed by atoms with Crippen molar-refractivity contribution >= 4 is 33.2 Å². The number of hydrogen-bond donors (Lipinski definition) is 1. The summed E-state index contributed by atoms with van der Waals surface area (Å²) in [6.45, 7) is 3.44. The zero-order valence-corrected chi connectivity index (χ0v) is 15.8. The fourth-order valence-corrected chi connectivity index (χ4v) is 3.90. The molecule has 3 rings (SSSR count). The molecule has 8 heteroatoms. The second-order valence-electron chi connectivity index (χ2n) is 6.07. The second kappa shape index (κ2) is 7.65. The Hall–Kier alpha value is -2.09. The van der Waals surface area contributed by atoms with Crippen LogP contribution in [0.4, 0.5) is 5.69 Å². The van der Waals surface area contributed by atoms with Gasteiger partial charge in [-0.1, -0.05) is 17.7 Å². The van der Waals surface area contributed by atoms with Gasteiger partial charge in [0.25, 0.3) is 15.9 Å². The summed E-state index contributed by atoms with van der Waals surface area (Å²) in [6.07, 6.45) is -0.0145. The molecular weight excluding hydrogens is 376 g/mol. The van der Waals surface area contributed by atoms with Crippen molar-refractivity contribution in [2.75, 3.05) is 24.4 Å². The summed E-state index contributed by atoms with van der Waals surface area (Å²) in [4.78, 5) is 14.5. The largest absolute Gasteiger partial charge is 0.375 e. The van der Waals surface area contributed by atoms with Gasteiger partial charge in [0.05, 0.1) is 17.6 Å². The van der Waals surface area contributed by atoms with Crippen molar-refractivity contribution in [2.45, 2.75) is 17.9 Å². The molecule has 1 heterocycles. The molecule has 2 aromatic carbocycles. The van der Waals surface area contributed by atoms with Gasteiger partial charge >= 0.3 is 0 Å². The van der Waals surface area contributed by atoms with Gasteiger partial charge in [-0.25, -0.2) is 8.42 Å². The van der Waals surface area contributed by atoms with E-state index in [1.165, 1.54) is 30.3 Å². The van der Waals surface area contributed by atoms with E-state index in [1.54, 1.807) is 23.1 Å². The van der Waals surface area contributed by atoms with Gasteiger partial charge in [-0.15, -0.1) is 0 Å². The number of carbonyl (C=O) groups is 1. The van der Waals surface area contributed by atoms with Crippen molar-refractivity contribution < 1.29 is 17.9 Å². The molecule has 0 aromatic heterocycles. The molecule has 1 N–H and O–H groups in total. The molecule has 2 aromatic rings. The van der Waals surface area contributed by atoms with Crippen LogP contribution in [-0.2, 0) is 14.8 Å². The third-order valence-corrected chi connectivity index (χ3v) is 5.66. The van der Waals surface area contributed by atoms with Gasteiger partial charge in [0.2, 0.25) is 0 Å². The van der Waals surface area contributed by atoms with Crippen LogP contribution in [0.25, 0.3) is 0 Å². The molecule has 0 saturated carbocycles. The molecule has 1 amide bonds. The maximum atomic E-state index is 12.6. The van der Waals surface area contributed by atoms with Crippen LogP contribution >= 0.6 is 11.6 Å². The van der Waals surface area contributed by atoms with E-state index in [9.17, 15) is 13.2 Å². The van der Waals surface area contributed by atoms with Gasteiger partial charge in [0, 0.05) is 29.4 Å². The van der Waals surface area contributed by atoms with E-state index in [0.717, 1.165) is 0 Å². The predicted octanol–water partition coefficient (Wildman–Crippen LogP) is 3.00. The molecule has 1 fully saturated rings. The number of carbonyl (C=O) groups excluding carboxylic acids is 1. The highest BCUT2D eigenvalue weighted by Gasteiger charge is 2.23. The number of nitrogens with zero attached hydrogens (tertiary/aromatic N) is 1. The first-order valence-corrected chi connectivity index (χ1v) is 10.0. The molecule has 0 bridgehead atoms. The van der Waals surface area contributed by atoms with Gasteiger partial charge in [0.15, 0.2) is 0 Å². The minimum absolute atomic E-state index is 0.0145. The standard InChI is InChI=1S/C18H19ClN2O4S/c1-13-12-21(9-10-25-13)18(22)14-3-2-4-16(11-14)20-26(23,24)17-7-5-15(19)6-8-17/h2-8,11,13,20H,9-10,12H2,1H3. The SMILES string of the molecule is CC1CN(C(=O)c2cccc(NS(=O)(=O)c3ccc(Cl)cc3)c2)CCO1. The minimum atomic E-state index is -3.76. The highest BCUT2D eigenvalue weighted by molar-refractivity contribution is 7.92. The first-order chi connectivity index (χ1) is 12.3. The Bertz CT molecular complexity index is 900. The smallest absolute Gasteiger partial charge is 0.261 e. The molecule has 1 saturated heterocycles. The third-order valence-electron chi connectivity index (χ3n) is 4.01. The summed E-state index contributed by atoms with van der Waals surface area (Å²) < 4.78 is 32.9. The zero-order valence-electron chi connectivity index (χ0n) is 14.2. The number of rotatable bonds is 4. The molecule has 138 valence electrons. The maximum absolute atomic E-state index is 12.6. The number of benzene rings is 2. The number of ether oxygens (including phenoxy) is 1. The lowest BCUT2D eigenvalue weighted by molar-refractivity contribution is -0.0124. The van der Waals surface area contributed by atoms with Crippen LogP contribution < -0.4 is 4.72 Å². The number of halogens is 1. The van der Waals surface area contributed by atoms with Crippen molar-refractivity contribution in [1.29, 1.82) is 0 Å². The van der Waals surface area contributed by atoms with E-state index in [2.05, 4.69) is 4.72 Å². The first-order valence-electron chi connectivity index (χ1n) is 8.14. The Morgan fingerprint density at radius 1 is 1.23 bits per heavy atom. The summed E-state index contributed by atoms with van der Waals surface area (Å²) in [6, 6.07) is 12.3. The van der Waals surface area contributed by atoms with E-state index >= 15 is 0 Å².